The lowest BCUT2D eigenvalue weighted by Gasteiger charge is -2.23. The van der Waals surface area contributed by atoms with Gasteiger partial charge >= 0.3 is 5.97 Å². The van der Waals surface area contributed by atoms with E-state index in [-0.39, 0.29) is 12.6 Å². The van der Waals surface area contributed by atoms with Crippen molar-refractivity contribution in [1.29, 1.82) is 0 Å². The molecule has 1 aliphatic rings. The zero-order chi connectivity index (χ0) is 34.6. The molecule has 0 amide bonds. The maximum Gasteiger partial charge on any atom is 0.323 e. The lowest BCUT2D eigenvalue weighted by Crippen LogP contribution is -2.43. The van der Waals surface area contributed by atoms with Crippen LogP contribution in [0, 0.1) is 0 Å². The summed E-state index contributed by atoms with van der Waals surface area (Å²) in [6.07, 6.45) is 1.32. The number of aromatic amines is 1. The number of benzene rings is 5. The van der Waals surface area contributed by atoms with Gasteiger partial charge in [0.25, 0.3) is 0 Å². The van der Waals surface area contributed by atoms with Crippen molar-refractivity contribution in [3.05, 3.63) is 161 Å². The minimum absolute atomic E-state index is 0.242. The van der Waals surface area contributed by atoms with Crippen molar-refractivity contribution in [2.45, 2.75) is 52.1 Å². The number of hydrogen-bond acceptors (Lipinski definition) is 6. The van der Waals surface area contributed by atoms with E-state index in [1.807, 2.05) is 72.8 Å². The molecule has 0 saturated heterocycles. The van der Waals surface area contributed by atoms with Gasteiger partial charge in [0.15, 0.2) is 5.82 Å². The number of imidazole rings is 1. The molecule has 1 unspecified atom stereocenters. The molecule has 0 saturated carbocycles. The molecule has 2 aromatic heterocycles. The van der Waals surface area contributed by atoms with Gasteiger partial charge in [-0.25, -0.2) is 4.98 Å². The van der Waals surface area contributed by atoms with Gasteiger partial charge in [-0.2, -0.15) is 5.10 Å². The minimum atomic E-state index is -0.476. The first-order chi connectivity index (χ1) is 25.1. The first-order valence-electron chi connectivity index (χ1n) is 17.5. The molecule has 2 N–H and O–H groups in total. The fourth-order valence-corrected chi connectivity index (χ4v) is 6.83. The van der Waals surface area contributed by atoms with Crippen LogP contribution in [0.15, 0.2) is 127 Å². The maximum absolute atomic E-state index is 13.1. The van der Waals surface area contributed by atoms with Crippen LogP contribution in [-0.2, 0) is 48.7 Å². The quantitative estimate of drug-likeness (QED) is 0.135. The van der Waals surface area contributed by atoms with Gasteiger partial charge < -0.3 is 14.0 Å². The maximum atomic E-state index is 13.1. The number of carbonyl (C=O) groups excluding carboxylic acids is 1. The summed E-state index contributed by atoms with van der Waals surface area (Å²) in [6.45, 7) is 4.08. The minimum Gasteiger partial charge on any atom is -0.489 e. The first kappa shape index (κ1) is 32.2. The highest BCUT2D eigenvalue weighted by molar-refractivity contribution is 5.94. The van der Waals surface area contributed by atoms with Crippen LogP contribution in [-0.4, -0.2) is 31.8 Å². The molecule has 51 heavy (non-hydrogen) atoms. The fourth-order valence-electron chi connectivity index (χ4n) is 6.83. The zero-order valence-corrected chi connectivity index (χ0v) is 28.5. The van der Waals surface area contributed by atoms with Crippen molar-refractivity contribution >= 4 is 16.9 Å². The Balaban J connectivity index is 1.08. The number of nitrogens with one attached hydrogen (secondary N) is 2. The largest absolute Gasteiger partial charge is 0.489 e. The predicted octanol–water partition coefficient (Wildman–Crippen LogP) is 8.04. The van der Waals surface area contributed by atoms with Gasteiger partial charge in [-0.1, -0.05) is 110 Å². The molecule has 0 spiro atoms. The summed E-state index contributed by atoms with van der Waals surface area (Å²) >= 11 is 0. The van der Waals surface area contributed by atoms with E-state index < -0.39 is 6.04 Å². The molecule has 0 fully saturated rings. The molecular weight excluding hydrogens is 635 g/mol. The van der Waals surface area contributed by atoms with Crippen molar-refractivity contribution in [3.63, 3.8) is 0 Å². The van der Waals surface area contributed by atoms with Gasteiger partial charge in [-0.05, 0) is 64.1 Å². The average Bonchev–Trinajstić information content (AvgIpc) is 3.77. The lowest BCUT2D eigenvalue weighted by molar-refractivity contribution is -0.147. The summed E-state index contributed by atoms with van der Waals surface area (Å²) in [6, 6.07) is 42.6. The highest BCUT2D eigenvalue weighted by Gasteiger charge is 2.31. The van der Waals surface area contributed by atoms with Gasteiger partial charge in [0.05, 0.1) is 16.9 Å². The third-order valence-electron chi connectivity index (χ3n) is 9.55. The second kappa shape index (κ2) is 14.5. The smallest absolute Gasteiger partial charge is 0.323 e. The molecule has 1 atom stereocenters. The normalized spacial score (nSPS) is 13.9. The molecule has 8 heteroatoms. The van der Waals surface area contributed by atoms with Crippen LogP contribution in [0.3, 0.4) is 0 Å². The number of ether oxygens (including phenoxy) is 2. The number of rotatable bonds is 11. The Hall–Kier alpha value is -5.99. The third kappa shape index (κ3) is 6.91. The number of carbonyl (C=O) groups is 1. The SMILES string of the molecule is CCc1cc(OCc2ccccc2)ccc1-c1ccc2c(-c3nc4c(n3Cc3ccccc3)CNC(C(=O)OCc3ccccc3)C4)n[nH]c2c1. The van der Waals surface area contributed by atoms with Gasteiger partial charge in [-0.3, -0.25) is 15.2 Å². The number of H-pyrrole nitrogens is 1. The Morgan fingerprint density at radius 1 is 0.824 bits per heavy atom. The monoisotopic (exact) mass is 673 g/mol. The second-order valence-corrected chi connectivity index (χ2v) is 12.9. The number of fused-ring (bicyclic) bond motifs is 2. The van der Waals surface area contributed by atoms with E-state index in [2.05, 4.69) is 76.5 Å². The van der Waals surface area contributed by atoms with Crippen LogP contribution in [0.4, 0.5) is 0 Å². The van der Waals surface area contributed by atoms with Crippen LogP contribution >= 0.6 is 0 Å². The Morgan fingerprint density at radius 3 is 2.25 bits per heavy atom. The summed E-state index contributed by atoms with van der Waals surface area (Å²) < 4.78 is 14.0. The predicted molar refractivity (Wildman–Crippen MR) is 199 cm³/mol. The number of aromatic nitrogens is 4. The topological polar surface area (TPSA) is 94.1 Å². The summed E-state index contributed by atoms with van der Waals surface area (Å²) in [4.78, 5) is 18.3. The standard InChI is InChI=1S/C43H39N5O3/c1-2-32-22-34(50-27-30-14-8-4-9-15-30)19-21-35(32)33-18-20-36-37(23-33)46-47-41(36)42-45-38-24-39(43(49)51-28-31-16-10-5-11-17-31)44-25-40(38)48(42)26-29-12-6-3-7-13-29/h3-23,39,44H,2,24-28H2,1H3,(H,46,47). The number of aryl methyl sites for hydroxylation is 1. The van der Waals surface area contributed by atoms with Crippen LogP contribution in [0.2, 0.25) is 0 Å². The summed E-state index contributed by atoms with van der Waals surface area (Å²) in [7, 11) is 0. The van der Waals surface area contributed by atoms with E-state index in [1.165, 1.54) is 11.1 Å². The van der Waals surface area contributed by atoms with Crippen LogP contribution in [0.5, 0.6) is 5.75 Å². The van der Waals surface area contributed by atoms with Gasteiger partial charge in [-0.15, -0.1) is 0 Å². The van der Waals surface area contributed by atoms with E-state index in [4.69, 9.17) is 19.6 Å². The molecule has 254 valence electrons. The van der Waals surface area contributed by atoms with Crippen LogP contribution < -0.4 is 10.1 Å². The van der Waals surface area contributed by atoms with E-state index in [1.54, 1.807) is 0 Å². The third-order valence-corrected chi connectivity index (χ3v) is 9.55. The Bertz CT molecular complexity index is 2280. The molecule has 5 aromatic carbocycles. The molecule has 0 aliphatic carbocycles. The van der Waals surface area contributed by atoms with E-state index in [0.29, 0.717) is 26.1 Å². The Labute approximate surface area is 297 Å². The van der Waals surface area contributed by atoms with Crippen LogP contribution in [0.25, 0.3) is 33.5 Å². The molecule has 7 aromatic rings. The van der Waals surface area contributed by atoms with Crippen molar-refractivity contribution in [3.8, 4) is 28.4 Å². The highest BCUT2D eigenvalue weighted by Crippen LogP contribution is 2.34. The van der Waals surface area contributed by atoms with Gasteiger partial charge in [0, 0.05) is 24.9 Å². The average molecular weight is 674 g/mol. The Kier molecular flexibility index (Phi) is 9.14. The summed E-state index contributed by atoms with van der Waals surface area (Å²) in [5, 5.41) is 12.5. The second-order valence-electron chi connectivity index (χ2n) is 12.9. The van der Waals surface area contributed by atoms with Crippen molar-refractivity contribution in [2.24, 2.45) is 0 Å². The molecular formula is C43H39N5O3. The number of nitrogens with zero attached hydrogens (tertiary/aromatic N) is 3. The number of hydrogen-bond donors (Lipinski definition) is 2. The van der Waals surface area contributed by atoms with Crippen LogP contribution in [0.1, 0.15) is 40.6 Å². The van der Waals surface area contributed by atoms with Crippen molar-refractivity contribution in [1.82, 2.24) is 25.1 Å². The molecule has 0 bridgehead atoms. The zero-order valence-electron chi connectivity index (χ0n) is 28.5. The fraction of sp³-hybridized carbons (Fsp3) is 0.186. The van der Waals surface area contributed by atoms with E-state index >= 15 is 0 Å². The highest BCUT2D eigenvalue weighted by atomic mass is 16.5. The summed E-state index contributed by atoms with van der Waals surface area (Å²) in [5.41, 5.74) is 10.4. The molecule has 0 radical (unpaired) electrons. The van der Waals surface area contributed by atoms with Crippen molar-refractivity contribution < 1.29 is 14.3 Å². The summed E-state index contributed by atoms with van der Waals surface area (Å²) in [5.74, 6) is 1.36. The van der Waals surface area contributed by atoms with Gasteiger partial charge in [0.1, 0.15) is 30.7 Å². The van der Waals surface area contributed by atoms with E-state index in [9.17, 15) is 4.79 Å². The molecule has 8 nitrogen and oxygen atoms in total. The first-order valence-corrected chi connectivity index (χ1v) is 17.5. The molecule has 3 heterocycles. The Morgan fingerprint density at radius 2 is 1.53 bits per heavy atom. The van der Waals surface area contributed by atoms with E-state index in [0.717, 1.165) is 68.2 Å². The van der Waals surface area contributed by atoms with Crippen molar-refractivity contribution in [2.75, 3.05) is 0 Å². The molecule has 8 rings (SSSR count). The van der Waals surface area contributed by atoms with Gasteiger partial charge in [0.2, 0.25) is 0 Å². The number of esters is 1. The lowest BCUT2D eigenvalue weighted by atomic mass is 9.96. The molecule has 1 aliphatic heterocycles.